The molecule has 0 aliphatic heterocycles. The number of nitrogens with one attached hydrogen (secondary N) is 1. The zero-order valence-electron chi connectivity index (χ0n) is 13.8. The summed E-state index contributed by atoms with van der Waals surface area (Å²) in [5.74, 6) is 0.673. The zero-order valence-corrected chi connectivity index (χ0v) is 13.8. The van der Waals surface area contributed by atoms with Crippen LogP contribution in [0.4, 0.5) is 5.82 Å². The Balaban J connectivity index is 2.30. The number of carbonyl (C=O) groups excluding carboxylic acids is 1. The number of nitrogens with zero attached hydrogens (tertiary/aromatic N) is 2. The van der Waals surface area contributed by atoms with Crippen molar-refractivity contribution < 1.29 is 9.90 Å². The number of phenols is 1. The predicted molar refractivity (Wildman–Crippen MR) is 91.2 cm³/mol. The highest BCUT2D eigenvalue weighted by Gasteiger charge is 2.15. The number of aromatic nitrogens is 2. The Morgan fingerprint density at radius 1 is 1.26 bits per heavy atom. The third kappa shape index (κ3) is 4.28. The number of benzene rings is 1. The Kier molecular flexibility index (Phi) is 5.68. The molecule has 2 N–H and O–H groups in total. The maximum Gasteiger partial charge on any atom is 0.228 e. The summed E-state index contributed by atoms with van der Waals surface area (Å²) in [6.45, 7) is 5.94. The molecule has 122 valence electrons. The fourth-order valence-electron chi connectivity index (χ4n) is 2.14. The first-order valence-electron chi connectivity index (χ1n) is 8.01. The van der Waals surface area contributed by atoms with E-state index in [1.165, 1.54) is 0 Å². The van der Waals surface area contributed by atoms with E-state index in [9.17, 15) is 9.90 Å². The Morgan fingerprint density at radius 3 is 2.57 bits per heavy atom. The fraction of sp³-hybridized carbons (Fsp3) is 0.389. The first-order chi connectivity index (χ1) is 11.0. The molecular formula is C18H23N3O2. The molecule has 0 radical (unpaired) electrons. The van der Waals surface area contributed by atoms with E-state index in [0.717, 1.165) is 36.2 Å². The lowest BCUT2D eigenvalue weighted by atomic mass is 10.1. The summed E-state index contributed by atoms with van der Waals surface area (Å²) >= 11 is 0. The van der Waals surface area contributed by atoms with E-state index in [-0.39, 0.29) is 17.6 Å². The number of amides is 1. The number of hydrogen-bond donors (Lipinski definition) is 2. The van der Waals surface area contributed by atoms with Gasteiger partial charge < -0.3 is 10.4 Å². The minimum atomic E-state index is -0.0527. The number of hydrogen-bond acceptors (Lipinski definition) is 4. The molecule has 1 unspecified atom stereocenters. The summed E-state index contributed by atoms with van der Waals surface area (Å²) in [7, 11) is 0. The predicted octanol–water partition coefficient (Wildman–Crippen LogP) is 3.79. The van der Waals surface area contributed by atoms with Gasteiger partial charge in [0.2, 0.25) is 5.91 Å². The second-order valence-corrected chi connectivity index (χ2v) is 5.65. The number of phenolic OH excluding ortho intramolecular Hbond substituents is 1. The van der Waals surface area contributed by atoms with Crippen LogP contribution >= 0.6 is 0 Å². The molecule has 1 aromatic carbocycles. The van der Waals surface area contributed by atoms with E-state index in [1.807, 2.05) is 13.8 Å². The largest absolute Gasteiger partial charge is 0.508 e. The summed E-state index contributed by atoms with van der Waals surface area (Å²) in [6, 6.07) is 6.84. The van der Waals surface area contributed by atoms with Crippen LogP contribution in [0, 0.1) is 5.92 Å². The van der Waals surface area contributed by atoms with Crippen molar-refractivity contribution in [3.63, 3.8) is 0 Å². The highest BCUT2D eigenvalue weighted by Crippen LogP contribution is 2.23. The van der Waals surface area contributed by atoms with Crippen molar-refractivity contribution in [1.82, 2.24) is 9.97 Å². The average Bonchev–Trinajstić information content (AvgIpc) is 2.56. The molecule has 1 aromatic heterocycles. The van der Waals surface area contributed by atoms with Gasteiger partial charge in [-0.05, 0) is 37.1 Å². The molecule has 0 saturated heterocycles. The van der Waals surface area contributed by atoms with Gasteiger partial charge in [0.25, 0.3) is 0 Å². The van der Waals surface area contributed by atoms with Gasteiger partial charge in [0, 0.05) is 11.5 Å². The van der Waals surface area contributed by atoms with Crippen LogP contribution in [0.5, 0.6) is 5.75 Å². The van der Waals surface area contributed by atoms with E-state index in [4.69, 9.17) is 0 Å². The van der Waals surface area contributed by atoms with Crippen LogP contribution in [0.1, 0.15) is 39.3 Å². The van der Waals surface area contributed by atoms with Gasteiger partial charge in [-0.25, -0.2) is 9.97 Å². The van der Waals surface area contributed by atoms with Crippen LogP contribution in [-0.4, -0.2) is 21.0 Å². The second kappa shape index (κ2) is 7.72. The number of aryl methyl sites for hydroxylation is 1. The van der Waals surface area contributed by atoms with Gasteiger partial charge in [0.05, 0.1) is 17.6 Å². The number of anilines is 1. The molecule has 0 aliphatic rings. The lowest BCUT2D eigenvalue weighted by molar-refractivity contribution is -0.119. The third-order valence-electron chi connectivity index (χ3n) is 3.80. The van der Waals surface area contributed by atoms with E-state index in [1.54, 1.807) is 30.5 Å². The maximum absolute atomic E-state index is 12.1. The summed E-state index contributed by atoms with van der Waals surface area (Å²) in [6.07, 6.45) is 4.10. The molecule has 0 bridgehead atoms. The van der Waals surface area contributed by atoms with Crippen molar-refractivity contribution in [1.29, 1.82) is 0 Å². The monoisotopic (exact) mass is 313 g/mol. The fourth-order valence-corrected chi connectivity index (χ4v) is 2.14. The van der Waals surface area contributed by atoms with Gasteiger partial charge in [-0.1, -0.05) is 27.2 Å². The SMILES string of the molecule is CCCc1nc(-c2ccc(O)cc2)cnc1NC(=O)C(C)CC. The van der Waals surface area contributed by atoms with Crippen molar-refractivity contribution in [3.8, 4) is 17.0 Å². The molecule has 2 aromatic rings. The Labute approximate surface area is 136 Å². The van der Waals surface area contributed by atoms with Crippen LogP contribution < -0.4 is 5.32 Å². The van der Waals surface area contributed by atoms with Crippen molar-refractivity contribution in [2.24, 2.45) is 5.92 Å². The molecular weight excluding hydrogens is 290 g/mol. The topological polar surface area (TPSA) is 75.1 Å². The van der Waals surface area contributed by atoms with Crippen LogP contribution in [0.25, 0.3) is 11.3 Å². The van der Waals surface area contributed by atoms with Crippen molar-refractivity contribution in [2.75, 3.05) is 5.32 Å². The third-order valence-corrected chi connectivity index (χ3v) is 3.80. The standard InChI is InChI=1S/C18H23N3O2/c1-4-6-15-17(21-18(23)12(3)5-2)19-11-16(20-15)13-7-9-14(22)10-8-13/h7-12,22H,4-6H2,1-3H3,(H,19,21,23). The summed E-state index contributed by atoms with van der Waals surface area (Å²) in [4.78, 5) is 21.1. The van der Waals surface area contributed by atoms with Gasteiger partial charge in [-0.15, -0.1) is 0 Å². The highest BCUT2D eigenvalue weighted by molar-refractivity contribution is 5.91. The molecule has 0 spiro atoms. The van der Waals surface area contributed by atoms with Crippen LogP contribution in [0.15, 0.2) is 30.5 Å². The van der Waals surface area contributed by atoms with Gasteiger partial charge in [0.15, 0.2) is 5.82 Å². The lowest BCUT2D eigenvalue weighted by Gasteiger charge is -2.13. The summed E-state index contributed by atoms with van der Waals surface area (Å²) in [5, 5.41) is 12.3. The lowest BCUT2D eigenvalue weighted by Crippen LogP contribution is -2.21. The quantitative estimate of drug-likeness (QED) is 0.851. The maximum atomic E-state index is 12.1. The van der Waals surface area contributed by atoms with Crippen molar-refractivity contribution in [2.45, 2.75) is 40.0 Å². The summed E-state index contributed by atoms with van der Waals surface area (Å²) in [5.41, 5.74) is 2.40. The number of aromatic hydroxyl groups is 1. The van der Waals surface area contributed by atoms with E-state index < -0.39 is 0 Å². The van der Waals surface area contributed by atoms with Gasteiger partial charge >= 0.3 is 0 Å². The van der Waals surface area contributed by atoms with Crippen molar-refractivity contribution in [3.05, 3.63) is 36.2 Å². The second-order valence-electron chi connectivity index (χ2n) is 5.65. The van der Waals surface area contributed by atoms with Crippen molar-refractivity contribution >= 4 is 11.7 Å². The molecule has 5 nitrogen and oxygen atoms in total. The normalized spacial score (nSPS) is 12.0. The van der Waals surface area contributed by atoms with Gasteiger partial charge in [-0.3, -0.25) is 4.79 Å². The Bertz CT molecular complexity index is 668. The molecule has 0 saturated carbocycles. The first kappa shape index (κ1) is 16.9. The van der Waals surface area contributed by atoms with E-state index in [2.05, 4.69) is 22.2 Å². The molecule has 1 heterocycles. The highest BCUT2D eigenvalue weighted by atomic mass is 16.3. The number of carbonyl (C=O) groups is 1. The van der Waals surface area contributed by atoms with Gasteiger partial charge in [0.1, 0.15) is 5.75 Å². The average molecular weight is 313 g/mol. The van der Waals surface area contributed by atoms with Gasteiger partial charge in [-0.2, -0.15) is 0 Å². The minimum Gasteiger partial charge on any atom is -0.508 e. The Morgan fingerprint density at radius 2 is 1.96 bits per heavy atom. The first-order valence-corrected chi connectivity index (χ1v) is 8.01. The molecule has 1 atom stereocenters. The van der Waals surface area contributed by atoms with E-state index >= 15 is 0 Å². The Hall–Kier alpha value is -2.43. The molecule has 23 heavy (non-hydrogen) atoms. The summed E-state index contributed by atoms with van der Waals surface area (Å²) < 4.78 is 0. The van der Waals surface area contributed by atoms with Crippen LogP contribution in [0.3, 0.4) is 0 Å². The zero-order chi connectivity index (χ0) is 16.8. The molecule has 1 amide bonds. The molecule has 2 rings (SSSR count). The molecule has 0 fully saturated rings. The van der Waals surface area contributed by atoms with E-state index in [0.29, 0.717) is 5.82 Å². The van der Waals surface area contributed by atoms with Crippen LogP contribution in [-0.2, 0) is 11.2 Å². The molecule has 0 aliphatic carbocycles. The van der Waals surface area contributed by atoms with Crippen LogP contribution in [0.2, 0.25) is 0 Å². The smallest absolute Gasteiger partial charge is 0.228 e. The molecule has 5 heteroatoms. The minimum absolute atomic E-state index is 0.0310. The number of rotatable bonds is 6.